The molecule has 17 heavy (non-hydrogen) atoms. The van der Waals surface area contributed by atoms with Crippen LogP contribution in [0.4, 0.5) is 5.82 Å². The number of carbonyl (C=O) groups is 1. The first-order valence-electron chi connectivity index (χ1n) is 6.16. The average Bonchev–Trinajstić information content (AvgIpc) is 2.83. The minimum Gasteiger partial charge on any atom is -0.481 e. The molecule has 2 heterocycles. The standard InChI is InChI=1S/C13H18N2O2/c1-2-10(13(16)17)11-6-5-7-14-12(11)15-8-3-4-9-15/h5-7,10H,2-4,8-9H2,1H3,(H,16,17). The molecule has 1 N–H and O–H groups in total. The molecule has 92 valence electrons. The largest absolute Gasteiger partial charge is 0.481 e. The fourth-order valence-electron chi connectivity index (χ4n) is 2.40. The third-order valence-corrected chi connectivity index (χ3v) is 3.30. The topological polar surface area (TPSA) is 53.4 Å². The van der Waals surface area contributed by atoms with Crippen molar-refractivity contribution in [2.75, 3.05) is 18.0 Å². The highest BCUT2D eigenvalue weighted by Gasteiger charge is 2.25. The fourth-order valence-corrected chi connectivity index (χ4v) is 2.40. The number of carboxylic acids is 1. The van der Waals surface area contributed by atoms with Crippen LogP contribution < -0.4 is 4.90 Å². The van der Waals surface area contributed by atoms with Gasteiger partial charge in [0, 0.05) is 24.8 Å². The van der Waals surface area contributed by atoms with Crippen LogP contribution in [0, 0.1) is 0 Å². The van der Waals surface area contributed by atoms with Gasteiger partial charge in [-0.05, 0) is 25.3 Å². The number of anilines is 1. The molecule has 0 saturated carbocycles. The summed E-state index contributed by atoms with van der Waals surface area (Å²) in [7, 11) is 0. The summed E-state index contributed by atoms with van der Waals surface area (Å²) >= 11 is 0. The second-order valence-corrected chi connectivity index (χ2v) is 4.41. The lowest BCUT2D eigenvalue weighted by Crippen LogP contribution is -2.23. The molecule has 4 heteroatoms. The maximum Gasteiger partial charge on any atom is 0.311 e. The van der Waals surface area contributed by atoms with Crippen LogP contribution in [0.2, 0.25) is 0 Å². The van der Waals surface area contributed by atoms with E-state index in [-0.39, 0.29) is 0 Å². The first kappa shape index (κ1) is 11.9. The number of rotatable bonds is 4. The Kier molecular flexibility index (Phi) is 3.61. The molecule has 1 atom stereocenters. The molecular weight excluding hydrogens is 216 g/mol. The number of hydrogen-bond donors (Lipinski definition) is 1. The zero-order valence-corrected chi connectivity index (χ0v) is 10.1. The molecule has 1 saturated heterocycles. The highest BCUT2D eigenvalue weighted by Crippen LogP contribution is 2.30. The predicted octanol–water partition coefficient (Wildman–Crippen LogP) is 2.26. The second kappa shape index (κ2) is 5.17. The zero-order valence-electron chi connectivity index (χ0n) is 10.1. The predicted molar refractivity (Wildman–Crippen MR) is 66.4 cm³/mol. The molecule has 0 amide bonds. The van der Waals surface area contributed by atoms with Gasteiger partial charge in [0.1, 0.15) is 5.82 Å². The van der Waals surface area contributed by atoms with Crippen LogP contribution in [0.5, 0.6) is 0 Å². The van der Waals surface area contributed by atoms with E-state index in [0.29, 0.717) is 6.42 Å². The summed E-state index contributed by atoms with van der Waals surface area (Å²) < 4.78 is 0. The van der Waals surface area contributed by atoms with Gasteiger partial charge in [-0.1, -0.05) is 13.0 Å². The van der Waals surface area contributed by atoms with Crippen molar-refractivity contribution < 1.29 is 9.90 Å². The van der Waals surface area contributed by atoms with Crippen molar-refractivity contribution >= 4 is 11.8 Å². The summed E-state index contributed by atoms with van der Waals surface area (Å²) in [4.78, 5) is 17.8. The Balaban J connectivity index is 2.35. The van der Waals surface area contributed by atoms with E-state index in [2.05, 4.69) is 9.88 Å². The smallest absolute Gasteiger partial charge is 0.311 e. The highest BCUT2D eigenvalue weighted by molar-refractivity contribution is 5.78. The minimum absolute atomic E-state index is 0.445. The minimum atomic E-state index is -0.763. The normalized spacial score (nSPS) is 17.1. The van der Waals surface area contributed by atoms with E-state index >= 15 is 0 Å². The lowest BCUT2D eigenvalue weighted by Gasteiger charge is -2.22. The molecule has 2 rings (SSSR count). The van der Waals surface area contributed by atoms with Crippen LogP contribution in [-0.2, 0) is 4.79 Å². The van der Waals surface area contributed by atoms with Crippen molar-refractivity contribution in [1.29, 1.82) is 0 Å². The van der Waals surface area contributed by atoms with Gasteiger partial charge in [0.05, 0.1) is 5.92 Å². The zero-order chi connectivity index (χ0) is 12.3. The Morgan fingerprint density at radius 3 is 2.82 bits per heavy atom. The SMILES string of the molecule is CCC(C(=O)O)c1cccnc1N1CCCC1. The molecule has 1 aromatic heterocycles. The van der Waals surface area contributed by atoms with Crippen LogP contribution in [-0.4, -0.2) is 29.1 Å². The molecule has 0 bridgehead atoms. The quantitative estimate of drug-likeness (QED) is 0.868. The summed E-state index contributed by atoms with van der Waals surface area (Å²) in [5, 5.41) is 9.25. The van der Waals surface area contributed by atoms with E-state index < -0.39 is 11.9 Å². The second-order valence-electron chi connectivity index (χ2n) is 4.41. The molecule has 0 radical (unpaired) electrons. The Bertz CT molecular complexity index is 400. The number of aromatic nitrogens is 1. The van der Waals surface area contributed by atoms with Crippen molar-refractivity contribution in [2.24, 2.45) is 0 Å². The third-order valence-electron chi connectivity index (χ3n) is 3.30. The Hall–Kier alpha value is -1.58. The number of carboxylic acid groups (broad SMARTS) is 1. The van der Waals surface area contributed by atoms with Gasteiger partial charge in [0.2, 0.25) is 0 Å². The third kappa shape index (κ3) is 2.40. The van der Waals surface area contributed by atoms with Gasteiger partial charge in [0.25, 0.3) is 0 Å². The lowest BCUT2D eigenvalue weighted by molar-refractivity contribution is -0.138. The number of nitrogens with zero attached hydrogens (tertiary/aromatic N) is 2. The van der Waals surface area contributed by atoms with E-state index in [9.17, 15) is 9.90 Å². The fraction of sp³-hybridized carbons (Fsp3) is 0.538. The van der Waals surface area contributed by atoms with Gasteiger partial charge in [-0.25, -0.2) is 4.98 Å². The summed E-state index contributed by atoms with van der Waals surface area (Å²) in [6.45, 7) is 3.87. The Morgan fingerprint density at radius 2 is 2.24 bits per heavy atom. The first-order valence-corrected chi connectivity index (χ1v) is 6.16. The van der Waals surface area contributed by atoms with Crippen LogP contribution in [0.3, 0.4) is 0 Å². The molecule has 0 spiro atoms. The first-order chi connectivity index (χ1) is 8.24. The van der Waals surface area contributed by atoms with Gasteiger partial charge < -0.3 is 10.0 Å². The summed E-state index contributed by atoms with van der Waals surface area (Å²) in [6.07, 6.45) is 4.67. The van der Waals surface area contributed by atoms with Crippen LogP contribution in [0.15, 0.2) is 18.3 Å². The van der Waals surface area contributed by atoms with Gasteiger partial charge in [-0.3, -0.25) is 4.79 Å². The van der Waals surface area contributed by atoms with Gasteiger partial charge in [-0.2, -0.15) is 0 Å². The Labute approximate surface area is 101 Å². The van der Waals surface area contributed by atoms with Crippen molar-refractivity contribution in [1.82, 2.24) is 4.98 Å². The summed E-state index contributed by atoms with van der Waals surface area (Å²) in [5.74, 6) is -0.348. The van der Waals surface area contributed by atoms with Gasteiger partial charge in [-0.15, -0.1) is 0 Å². The van der Waals surface area contributed by atoms with Crippen molar-refractivity contribution in [3.63, 3.8) is 0 Å². The highest BCUT2D eigenvalue weighted by atomic mass is 16.4. The maximum atomic E-state index is 11.3. The summed E-state index contributed by atoms with van der Waals surface area (Å²) in [6, 6.07) is 3.71. The lowest BCUT2D eigenvalue weighted by atomic mass is 9.97. The monoisotopic (exact) mass is 234 g/mol. The number of aliphatic carboxylic acids is 1. The van der Waals surface area contributed by atoms with Crippen LogP contribution >= 0.6 is 0 Å². The molecule has 1 aromatic rings. The van der Waals surface area contributed by atoms with Gasteiger partial charge in [0.15, 0.2) is 0 Å². The summed E-state index contributed by atoms with van der Waals surface area (Å²) in [5.41, 5.74) is 0.851. The van der Waals surface area contributed by atoms with E-state index in [0.717, 1.165) is 24.5 Å². The molecular formula is C13H18N2O2. The van der Waals surface area contributed by atoms with Gasteiger partial charge >= 0.3 is 5.97 Å². The molecule has 1 aliphatic rings. The molecule has 0 aromatic carbocycles. The molecule has 1 unspecified atom stereocenters. The van der Waals surface area contributed by atoms with E-state index in [4.69, 9.17) is 0 Å². The van der Waals surface area contributed by atoms with E-state index in [1.165, 1.54) is 12.8 Å². The average molecular weight is 234 g/mol. The van der Waals surface area contributed by atoms with Crippen LogP contribution in [0.25, 0.3) is 0 Å². The Morgan fingerprint density at radius 1 is 1.53 bits per heavy atom. The van der Waals surface area contributed by atoms with Crippen molar-refractivity contribution in [3.8, 4) is 0 Å². The van der Waals surface area contributed by atoms with Crippen molar-refractivity contribution in [2.45, 2.75) is 32.1 Å². The molecule has 4 nitrogen and oxygen atoms in total. The molecule has 1 aliphatic heterocycles. The van der Waals surface area contributed by atoms with Crippen LogP contribution in [0.1, 0.15) is 37.7 Å². The number of pyridine rings is 1. The van der Waals surface area contributed by atoms with Crippen molar-refractivity contribution in [3.05, 3.63) is 23.9 Å². The molecule has 1 fully saturated rings. The van der Waals surface area contributed by atoms with E-state index in [1.54, 1.807) is 6.20 Å². The maximum absolute atomic E-state index is 11.3. The number of hydrogen-bond acceptors (Lipinski definition) is 3. The van der Waals surface area contributed by atoms with E-state index in [1.807, 2.05) is 19.1 Å². The molecule has 0 aliphatic carbocycles.